The fourth-order valence-corrected chi connectivity index (χ4v) is 3.11. The molecular weight excluding hydrogens is 336 g/mol. The first-order valence-electron chi connectivity index (χ1n) is 9.49. The minimum absolute atomic E-state index is 0.0289. The molecule has 4 heteroatoms. The molecule has 1 aromatic heterocycles. The van der Waals surface area contributed by atoms with Gasteiger partial charge in [0.05, 0.1) is 6.26 Å². The number of quaternary nitrogens is 1. The zero-order valence-electron chi connectivity index (χ0n) is 15.9. The first-order chi connectivity index (χ1) is 13.2. The maximum Gasteiger partial charge on any atom is 0.279 e. The minimum atomic E-state index is -0.0419. The number of nitrogens with two attached hydrogens (primary N) is 1. The summed E-state index contributed by atoms with van der Waals surface area (Å²) < 4.78 is 5.58. The van der Waals surface area contributed by atoms with Crippen LogP contribution >= 0.6 is 0 Å². The topological polar surface area (TPSA) is 58.9 Å². The molecule has 1 amide bonds. The van der Waals surface area contributed by atoms with Crippen molar-refractivity contribution in [3.8, 4) is 0 Å². The van der Waals surface area contributed by atoms with Gasteiger partial charge < -0.3 is 15.1 Å². The molecule has 2 aromatic carbocycles. The fraction of sp³-hybridized carbons (Fsp3) is 0.261. The third-order valence-electron chi connectivity index (χ3n) is 4.92. The standard InChI is InChI=1S/C23H26N2O2/c1-3-17(2)18-11-13-20(14-12-18)25-22(26)16-24-23(21-10-7-15-27-21)19-8-5-4-6-9-19/h4-15,17,23-24H,3,16H2,1-2H3,(H,25,26)/p+1/t17-,23-/m0/s1. The van der Waals surface area contributed by atoms with Crippen molar-refractivity contribution >= 4 is 11.6 Å². The normalized spacial score (nSPS) is 13.1. The van der Waals surface area contributed by atoms with Crippen LogP contribution < -0.4 is 10.6 Å². The summed E-state index contributed by atoms with van der Waals surface area (Å²) in [7, 11) is 0. The van der Waals surface area contributed by atoms with Crippen LogP contribution in [0.5, 0.6) is 0 Å². The Labute approximate surface area is 160 Å². The SMILES string of the molecule is CC[C@H](C)c1ccc(NC(=O)C[NH2+][C@@H](c2ccccc2)c2ccco2)cc1. The van der Waals surface area contributed by atoms with Gasteiger partial charge in [0.15, 0.2) is 18.3 Å². The summed E-state index contributed by atoms with van der Waals surface area (Å²) in [6.45, 7) is 4.70. The smallest absolute Gasteiger partial charge is 0.279 e. The number of nitrogens with one attached hydrogen (secondary N) is 1. The predicted molar refractivity (Wildman–Crippen MR) is 108 cm³/mol. The van der Waals surface area contributed by atoms with Gasteiger partial charge in [-0.1, -0.05) is 56.3 Å². The fourth-order valence-electron chi connectivity index (χ4n) is 3.11. The van der Waals surface area contributed by atoms with E-state index in [9.17, 15) is 4.79 Å². The molecule has 0 aliphatic carbocycles. The average Bonchev–Trinajstić information content (AvgIpc) is 3.23. The van der Waals surface area contributed by atoms with Gasteiger partial charge >= 0.3 is 0 Å². The van der Waals surface area contributed by atoms with Crippen LogP contribution in [0.1, 0.15) is 49.1 Å². The Morgan fingerprint density at radius 2 is 1.74 bits per heavy atom. The number of carbonyl (C=O) groups is 1. The van der Waals surface area contributed by atoms with E-state index in [2.05, 4.69) is 43.4 Å². The van der Waals surface area contributed by atoms with E-state index in [1.54, 1.807) is 6.26 Å². The molecule has 4 nitrogen and oxygen atoms in total. The molecule has 0 saturated carbocycles. The van der Waals surface area contributed by atoms with Gasteiger partial charge in [0.1, 0.15) is 0 Å². The highest BCUT2D eigenvalue weighted by atomic mass is 16.3. The highest BCUT2D eigenvalue weighted by molar-refractivity contribution is 5.91. The molecule has 0 bridgehead atoms. The number of hydrogen-bond acceptors (Lipinski definition) is 2. The second-order valence-electron chi connectivity index (χ2n) is 6.82. The molecular formula is C23H27N2O2+. The Morgan fingerprint density at radius 3 is 2.37 bits per heavy atom. The van der Waals surface area contributed by atoms with Crippen LogP contribution in [-0.2, 0) is 4.79 Å². The number of carbonyl (C=O) groups excluding carboxylic acids is 1. The number of benzene rings is 2. The summed E-state index contributed by atoms with van der Waals surface area (Å²) in [5.41, 5.74) is 3.23. The maximum absolute atomic E-state index is 12.4. The number of furan rings is 1. The second-order valence-corrected chi connectivity index (χ2v) is 6.82. The molecule has 0 aliphatic heterocycles. The molecule has 0 unspecified atom stereocenters. The van der Waals surface area contributed by atoms with E-state index in [1.807, 2.05) is 47.8 Å². The Hall–Kier alpha value is -2.85. The van der Waals surface area contributed by atoms with Crippen molar-refractivity contribution in [1.82, 2.24) is 0 Å². The molecule has 3 N–H and O–H groups in total. The summed E-state index contributed by atoms with van der Waals surface area (Å²) in [6.07, 6.45) is 2.77. The largest absolute Gasteiger partial charge is 0.463 e. The van der Waals surface area contributed by atoms with Crippen LogP contribution in [-0.4, -0.2) is 12.5 Å². The highest BCUT2D eigenvalue weighted by Crippen LogP contribution is 2.20. The van der Waals surface area contributed by atoms with E-state index in [0.717, 1.165) is 23.4 Å². The third kappa shape index (κ3) is 5.08. The quantitative estimate of drug-likeness (QED) is 0.633. The first-order valence-corrected chi connectivity index (χ1v) is 9.49. The van der Waals surface area contributed by atoms with Gasteiger partial charge in [-0.15, -0.1) is 0 Å². The van der Waals surface area contributed by atoms with Crippen molar-refractivity contribution in [2.75, 3.05) is 11.9 Å². The van der Waals surface area contributed by atoms with Crippen LogP contribution in [0.4, 0.5) is 5.69 Å². The molecule has 2 atom stereocenters. The minimum Gasteiger partial charge on any atom is -0.463 e. The molecule has 27 heavy (non-hydrogen) atoms. The molecule has 0 aliphatic rings. The molecule has 0 saturated heterocycles. The van der Waals surface area contributed by atoms with Gasteiger partial charge in [0, 0.05) is 11.3 Å². The van der Waals surface area contributed by atoms with Crippen molar-refractivity contribution < 1.29 is 14.5 Å². The van der Waals surface area contributed by atoms with Gasteiger partial charge in [0.2, 0.25) is 0 Å². The number of hydrogen-bond donors (Lipinski definition) is 2. The summed E-state index contributed by atoms with van der Waals surface area (Å²) in [6, 6.07) is 22.0. The zero-order valence-corrected chi connectivity index (χ0v) is 15.9. The monoisotopic (exact) mass is 363 g/mol. The maximum atomic E-state index is 12.4. The number of rotatable bonds is 8. The van der Waals surface area contributed by atoms with E-state index in [1.165, 1.54) is 5.56 Å². The van der Waals surface area contributed by atoms with E-state index < -0.39 is 0 Å². The summed E-state index contributed by atoms with van der Waals surface area (Å²) in [5, 5.41) is 4.97. The highest BCUT2D eigenvalue weighted by Gasteiger charge is 2.21. The Morgan fingerprint density at radius 1 is 1.00 bits per heavy atom. The van der Waals surface area contributed by atoms with Crippen LogP contribution in [0.2, 0.25) is 0 Å². The molecule has 0 fully saturated rings. The van der Waals surface area contributed by atoms with Gasteiger partial charge in [-0.05, 0) is 42.2 Å². The van der Waals surface area contributed by atoms with E-state index in [-0.39, 0.29) is 11.9 Å². The van der Waals surface area contributed by atoms with Crippen LogP contribution in [0, 0.1) is 0 Å². The molecule has 0 spiro atoms. The molecule has 1 heterocycles. The lowest BCUT2D eigenvalue weighted by atomic mass is 9.99. The first kappa shape index (κ1) is 18.9. The average molecular weight is 363 g/mol. The Kier molecular flexibility index (Phi) is 6.44. The van der Waals surface area contributed by atoms with Crippen molar-refractivity contribution in [2.45, 2.75) is 32.2 Å². The summed E-state index contributed by atoms with van der Waals surface area (Å²) in [4.78, 5) is 12.4. The van der Waals surface area contributed by atoms with Crippen molar-refractivity contribution in [2.24, 2.45) is 0 Å². The second kappa shape index (κ2) is 9.19. The molecule has 3 rings (SSSR count). The molecule has 140 valence electrons. The van der Waals surface area contributed by atoms with E-state index in [0.29, 0.717) is 12.5 Å². The third-order valence-corrected chi connectivity index (χ3v) is 4.92. The van der Waals surface area contributed by atoms with Gasteiger partial charge in [-0.3, -0.25) is 4.79 Å². The van der Waals surface area contributed by atoms with Gasteiger partial charge in [-0.2, -0.15) is 0 Å². The zero-order chi connectivity index (χ0) is 19.1. The molecule has 3 aromatic rings. The van der Waals surface area contributed by atoms with Crippen molar-refractivity contribution in [3.05, 3.63) is 89.9 Å². The molecule has 0 radical (unpaired) electrons. The summed E-state index contributed by atoms with van der Waals surface area (Å²) in [5.74, 6) is 1.34. The van der Waals surface area contributed by atoms with Gasteiger partial charge in [-0.25, -0.2) is 0 Å². The van der Waals surface area contributed by atoms with E-state index in [4.69, 9.17) is 4.42 Å². The lowest BCUT2D eigenvalue weighted by Gasteiger charge is -2.14. The van der Waals surface area contributed by atoms with Crippen LogP contribution in [0.15, 0.2) is 77.4 Å². The van der Waals surface area contributed by atoms with Crippen molar-refractivity contribution in [1.29, 1.82) is 0 Å². The number of amides is 1. The predicted octanol–water partition coefficient (Wildman–Crippen LogP) is 4.08. The summed E-state index contributed by atoms with van der Waals surface area (Å²) >= 11 is 0. The van der Waals surface area contributed by atoms with Crippen LogP contribution in [0.25, 0.3) is 0 Å². The van der Waals surface area contributed by atoms with Crippen molar-refractivity contribution in [3.63, 3.8) is 0 Å². The van der Waals surface area contributed by atoms with Gasteiger partial charge in [0.25, 0.3) is 5.91 Å². The lowest BCUT2D eigenvalue weighted by molar-refractivity contribution is -0.678. The van der Waals surface area contributed by atoms with E-state index >= 15 is 0 Å². The Bertz CT molecular complexity index is 827. The Balaban J connectivity index is 1.61. The van der Waals surface area contributed by atoms with Crippen LogP contribution in [0.3, 0.4) is 0 Å². The number of anilines is 1. The lowest BCUT2D eigenvalue weighted by Crippen LogP contribution is -2.87.